The van der Waals surface area contributed by atoms with Crippen LogP contribution in [-0.2, 0) is 6.42 Å². The Bertz CT molecular complexity index is 844. The number of aromatic nitrogens is 2. The predicted octanol–water partition coefficient (Wildman–Crippen LogP) is 3.15. The smallest absolute Gasteiger partial charge is 0.205 e. The Morgan fingerprint density at radius 2 is 2.14 bits per heavy atom. The Morgan fingerprint density at radius 1 is 1.36 bits per heavy atom. The third-order valence-electron chi connectivity index (χ3n) is 5.31. The zero-order valence-corrected chi connectivity index (χ0v) is 17.6. The molecule has 2 heterocycles. The van der Waals surface area contributed by atoms with Crippen LogP contribution in [0.2, 0.25) is 5.02 Å². The third-order valence-corrected chi connectivity index (χ3v) is 6.45. The maximum absolute atomic E-state index is 14.2. The minimum atomic E-state index is -0.228. The van der Waals surface area contributed by atoms with Crippen molar-refractivity contribution in [2.75, 3.05) is 38.1 Å². The minimum Gasteiger partial charge on any atom is -0.353 e. The zero-order chi connectivity index (χ0) is 19.7. The minimum absolute atomic E-state index is 0.0978. The molecule has 1 aliphatic carbocycles. The summed E-state index contributed by atoms with van der Waals surface area (Å²) in [6.07, 6.45) is 1.73. The molecule has 150 valence electrons. The molecule has 2 atom stereocenters. The van der Waals surface area contributed by atoms with Crippen molar-refractivity contribution in [3.63, 3.8) is 0 Å². The van der Waals surface area contributed by atoms with E-state index in [1.54, 1.807) is 19.2 Å². The van der Waals surface area contributed by atoms with Crippen molar-refractivity contribution in [1.82, 2.24) is 19.6 Å². The lowest BCUT2D eigenvalue weighted by atomic mass is 10.1. The molecule has 0 amide bonds. The van der Waals surface area contributed by atoms with Crippen LogP contribution in [0.1, 0.15) is 30.7 Å². The standard InChI is InChI=1S/C19H24ClFN6S/c1-3-16-24-19(28-25-16)27-9-7-26(8-10-27)18(22-2)23-15-11-12(15)17-13(20)5-4-6-14(17)21/h4-6,12,15H,3,7-11H2,1-2H3,(H,22,23). The number of piperazine rings is 1. The quantitative estimate of drug-likeness (QED) is 0.606. The molecule has 0 bridgehead atoms. The van der Waals surface area contributed by atoms with E-state index in [-0.39, 0.29) is 17.8 Å². The number of rotatable bonds is 4. The van der Waals surface area contributed by atoms with Gasteiger partial charge in [-0.15, -0.1) is 0 Å². The number of aryl methyl sites for hydroxylation is 1. The maximum Gasteiger partial charge on any atom is 0.205 e. The molecular formula is C19H24ClFN6S. The lowest BCUT2D eigenvalue weighted by Gasteiger charge is -2.36. The monoisotopic (exact) mass is 422 g/mol. The molecule has 1 aromatic carbocycles. The number of anilines is 1. The van der Waals surface area contributed by atoms with Gasteiger partial charge >= 0.3 is 0 Å². The number of hydrogen-bond donors (Lipinski definition) is 1. The van der Waals surface area contributed by atoms with E-state index in [1.807, 2.05) is 0 Å². The van der Waals surface area contributed by atoms with E-state index >= 15 is 0 Å². The summed E-state index contributed by atoms with van der Waals surface area (Å²) >= 11 is 7.68. The van der Waals surface area contributed by atoms with Crippen molar-refractivity contribution in [1.29, 1.82) is 0 Å². The van der Waals surface area contributed by atoms with Crippen molar-refractivity contribution >= 4 is 34.2 Å². The van der Waals surface area contributed by atoms with E-state index < -0.39 is 0 Å². The van der Waals surface area contributed by atoms with Crippen LogP contribution in [0.4, 0.5) is 9.52 Å². The van der Waals surface area contributed by atoms with Gasteiger partial charge < -0.3 is 15.1 Å². The SMILES string of the molecule is CCc1nsc(N2CCN(C(=NC)NC3CC3c3c(F)cccc3Cl)CC2)n1. The topological polar surface area (TPSA) is 56.7 Å². The van der Waals surface area contributed by atoms with E-state index in [0.717, 1.165) is 55.9 Å². The van der Waals surface area contributed by atoms with Gasteiger partial charge in [-0.05, 0) is 18.6 Å². The van der Waals surface area contributed by atoms with E-state index in [0.29, 0.717) is 10.6 Å². The highest BCUT2D eigenvalue weighted by Crippen LogP contribution is 2.45. The van der Waals surface area contributed by atoms with Gasteiger partial charge in [-0.2, -0.15) is 4.37 Å². The number of guanidine groups is 1. The van der Waals surface area contributed by atoms with Gasteiger partial charge in [0, 0.05) is 73.7 Å². The van der Waals surface area contributed by atoms with Crippen LogP contribution in [0.3, 0.4) is 0 Å². The molecule has 4 rings (SSSR count). The lowest BCUT2D eigenvalue weighted by Crippen LogP contribution is -2.53. The van der Waals surface area contributed by atoms with Crippen LogP contribution in [0.15, 0.2) is 23.2 Å². The summed E-state index contributed by atoms with van der Waals surface area (Å²) < 4.78 is 18.5. The van der Waals surface area contributed by atoms with Crippen LogP contribution >= 0.6 is 23.1 Å². The molecule has 9 heteroatoms. The molecule has 2 aliphatic rings. The molecule has 6 nitrogen and oxygen atoms in total. The first kappa shape index (κ1) is 19.4. The maximum atomic E-state index is 14.2. The first-order valence-electron chi connectivity index (χ1n) is 9.60. The first-order chi connectivity index (χ1) is 13.6. The van der Waals surface area contributed by atoms with Crippen LogP contribution in [0.25, 0.3) is 0 Å². The summed E-state index contributed by atoms with van der Waals surface area (Å²) in [6, 6.07) is 5.04. The van der Waals surface area contributed by atoms with E-state index in [9.17, 15) is 4.39 Å². The number of nitrogens with one attached hydrogen (secondary N) is 1. The molecule has 2 fully saturated rings. The zero-order valence-electron chi connectivity index (χ0n) is 16.0. The van der Waals surface area contributed by atoms with Crippen molar-refractivity contribution in [3.8, 4) is 0 Å². The summed E-state index contributed by atoms with van der Waals surface area (Å²) in [7, 11) is 1.79. The normalized spacial score (nSPS) is 22.5. The fourth-order valence-electron chi connectivity index (χ4n) is 3.63. The molecule has 1 aromatic heterocycles. The highest BCUT2D eigenvalue weighted by atomic mass is 35.5. The fourth-order valence-corrected chi connectivity index (χ4v) is 4.73. The summed E-state index contributed by atoms with van der Waals surface area (Å²) in [4.78, 5) is 13.5. The fraction of sp³-hybridized carbons (Fsp3) is 0.526. The van der Waals surface area contributed by atoms with Crippen LogP contribution in [-0.4, -0.2) is 59.5 Å². The van der Waals surface area contributed by atoms with Gasteiger partial charge in [0.1, 0.15) is 11.6 Å². The van der Waals surface area contributed by atoms with Crippen LogP contribution < -0.4 is 10.2 Å². The van der Waals surface area contributed by atoms with Gasteiger partial charge in [-0.25, -0.2) is 9.37 Å². The van der Waals surface area contributed by atoms with E-state index in [4.69, 9.17) is 11.6 Å². The van der Waals surface area contributed by atoms with Gasteiger partial charge in [-0.3, -0.25) is 4.99 Å². The summed E-state index contributed by atoms with van der Waals surface area (Å²) in [5, 5.41) is 4.99. The Kier molecular flexibility index (Phi) is 5.68. The van der Waals surface area contributed by atoms with Crippen molar-refractivity contribution in [2.45, 2.75) is 31.7 Å². The molecule has 1 aliphatic heterocycles. The highest BCUT2D eigenvalue weighted by Gasteiger charge is 2.42. The number of aliphatic imine (C=N–C) groups is 1. The molecule has 0 radical (unpaired) electrons. The van der Waals surface area contributed by atoms with Gasteiger partial charge in [0.25, 0.3) is 0 Å². The summed E-state index contributed by atoms with van der Waals surface area (Å²) in [5.74, 6) is 1.65. The Morgan fingerprint density at radius 3 is 2.79 bits per heavy atom. The Labute approximate surface area is 173 Å². The van der Waals surface area contributed by atoms with Gasteiger partial charge in [0.05, 0.1) is 0 Å². The Balaban J connectivity index is 1.34. The summed E-state index contributed by atoms with van der Waals surface area (Å²) in [5.41, 5.74) is 0.616. The number of nitrogens with zero attached hydrogens (tertiary/aromatic N) is 5. The van der Waals surface area contributed by atoms with Gasteiger partial charge in [0.15, 0.2) is 5.96 Å². The number of hydrogen-bond acceptors (Lipinski definition) is 5. The highest BCUT2D eigenvalue weighted by molar-refractivity contribution is 7.09. The molecule has 0 spiro atoms. The molecule has 28 heavy (non-hydrogen) atoms. The number of benzene rings is 1. The second kappa shape index (κ2) is 8.21. The van der Waals surface area contributed by atoms with Crippen molar-refractivity contribution in [2.24, 2.45) is 4.99 Å². The van der Waals surface area contributed by atoms with E-state index in [1.165, 1.54) is 17.6 Å². The molecular weight excluding hydrogens is 399 g/mol. The first-order valence-corrected chi connectivity index (χ1v) is 10.8. The average molecular weight is 423 g/mol. The lowest BCUT2D eigenvalue weighted by molar-refractivity contribution is 0.372. The molecule has 1 N–H and O–H groups in total. The molecule has 1 saturated carbocycles. The second-order valence-corrected chi connectivity index (χ2v) is 8.23. The predicted molar refractivity (Wildman–Crippen MR) is 112 cm³/mol. The largest absolute Gasteiger partial charge is 0.353 e. The summed E-state index contributed by atoms with van der Waals surface area (Å²) in [6.45, 7) is 5.55. The van der Waals surface area contributed by atoms with Crippen molar-refractivity contribution in [3.05, 3.63) is 40.4 Å². The molecule has 1 saturated heterocycles. The third kappa shape index (κ3) is 3.93. The second-order valence-electron chi connectivity index (χ2n) is 7.10. The van der Waals surface area contributed by atoms with Gasteiger partial charge in [-0.1, -0.05) is 24.6 Å². The number of halogens is 2. The van der Waals surface area contributed by atoms with E-state index in [2.05, 4.69) is 36.4 Å². The van der Waals surface area contributed by atoms with Crippen LogP contribution in [0.5, 0.6) is 0 Å². The van der Waals surface area contributed by atoms with Gasteiger partial charge in [0.2, 0.25) is 5.13 Å². The molecule has 2 unspecified atom stereocenters. The molecule has 2 aromatic rings. The average Bonchev–Trinajstić information content (AvgIpc) is 3.28. The van der Waals surface area contributed by atoms with Crippen molar-refractivity contribution < 1.29 is 4.39 Å². The van der Waals surface area contributed by atoms with Crippen LogP contribution in [0, 0.1) is 5.82 Å². The Hall–Kier alpha value is -1.93.